The number of carbonyl (C=O) groups is 4. The summed E-state index contributed by atoms with van der Waals surface area (Å²) in [6, 6.07) is 5.12. The zero-order valence-electron chi connectivity index (χ0n) is 15.2. The van der Waals surface area contributed by atoms with E-state index in [1.54, 1.807) is 18.2 Å². The summed E-state index contributed by atoms with van der Waals surface area (Å²) in [5, 5.41) is 9.28. The first-order chi connectivity index (χ1) is 13.6. The minimum Gasteiger partial charge on any atom is -0.377 e. The zero-order chi connectivity index (χ0) is 21.5. The van der Waals surface area contributed by atoms with Crippen molar-refractivity contribution in [3.05, 3.63) is 28.2 Å². The van der Waals surface area contributed by atoms with Crippen molar-refractivity contribution in [1.29, 1.82) is 0 Å². The topological polar surface area (TPSA) is 120 Å². The molecule has 3 rings (SSSR count). The van der Waals surface area contributed by atoms with Crippen molar-refractivity contribution >= 4 is 79.9 Å². The largest absolute Gasteiger partial charge is 0.377 e. The van der Waals surface area contributed by atoms with Gasteiger partial charge in [-0.3, -0.25) is 19.2 Å². The third-order valence-corrected chi connectivity index (χ3v) is 5.68. The van der Waals surface area contributed by atoms with E-state index in [0.29, 0.717) is 10.0 Å². The van der Waals surface area contributed by atoms with Crippen LogP contribution in [0.4, 0.5) is 5.69 Å². The SMILES string of the molecule is CN(C)c1ccc(C(C2C(=O)NC(=S)NC2=O)C2C(=O)NC(=S)NC2=O)cc1Br. The van der Waals surface area contributed by atoms with Crippen molar-refractivity contribution < 1.29 is 19.2 Å². The molecule has 0 aromatic heterocycles. The van der Waals surface area contributed by atoms with E-state index in [1.807, 2.05) is 19.0 Å². The predicted octanol–water partition coefficient (Wildman–Crippen LogP) is -0.107. The van der Waals surface area contributed by atoms with Gasteiger partial charge < -0.3 is 26.2 Å². The van der Waals surface area contributed by atoms with E-state index in [0.717, 1.165) is 5.69 Å². The van der Waals surface area contributed by atoms with Gasteiger partial charge in [0.25, 0.3) is 0 Å². The molecule has 2 aliphatic rings. The molecule has 0 saturated carbocycles. The Morgan fingerprint density at radius 2 is 1.28 bits per heavy atom. The van der Waals surface area contributed by atoms with Crippen molar-refractivity contribution in [1.82, 2.24) is 21.3 Å². The zero-order valence-corrected chi connectivity index (χ0v) is 18.5. The molecule has 0 atom stereocenters. The summed E-state index contributed by atoms with van der Waals surface area (Å²) in [5.74, 6) is -6.56. The van der Waals surface area contributed by atoms with Crippen LogP contribution in [0, 0.1) is 11.8 Å². The van der Waals surface area contributed by atoms with Crippen molar-refractivity contribution in [2.24, 2.45) is 11.8 Å². The molecule has 0 spiro atoms. The van der Waals surface area contributed by atoms with Gasteiger partial charge in [0.15, 0.2) is 10.2 Å². The molecule has 4 amide bonds. The van der Waals surface area contributed by atoms with Crippen LogP contribution >= 0.6 is 40.4 Å². The molecule has 0 unspecified atom stereocenters. The summed E-state index contributed by atoms with van der Waals surface area (Å²) in [6.45, 7) is 0. The Hall–Kier alpha value is -2.44. The summed E-state index contributed by atoms with van der Waals surface area (Å²) in [5.41, 5.74) is 1.29. The minimum atomic E-state index is -1.35. The number of carbonyl (C=O) groups excluding carboxylic acids is 4. The van der Waals surface area contributed by atoms with Gasteiger partial charge in [0.2, 0.25) is 23.6 Å². The van der Waals surface area contributed by atoms with E-state index in [4.69, 9.17) is 24.4 Å². The molecule has 2 fully saturated rings. The van der Waals surface area contributed by atoms with E-state index in [9.17, 15) is 19.2 Å². The number of thiocarbonyl (C=S) groups is 2. The van der Waals surface area contributed by atoms with Crippen LogP contribution in [-0.4, -0.2) is 47.9 Å². The van der Waals surface area contributed by atoms with Gasteiger partial charge in [-0.05, 0) is 58.1 Å². The third kappa shape index (κ3) is 4.14. The lowest BCUT2D eigenvalue weighted by Crippen LogP contribution is -2.62. The number of halogens is 1. The Morgan fingerprint density at radius 3 is 1.62 bits per heavy atom. The lowest BCUT2D eigenvalue weighted by molar-refractivity contribution is -0.140. The van der Waals surface area contributed by atoms with Crippen LogP contribution in [0.5, 0.6) is 0 Å². The number of nitrogens with zero attached hydrogens (tertiary/aromatic N) is 1. The van der Waals surface area contributed by atoms with Crippen LogP contribution < -0.4 is 26.2 Å². The lowest BCUT2D eigenvalue weighted by atomic mass is 9.74. The normalized spacial score (nSPS) is 18.3. The van der Waals surface area contributed by atoms with Gasteiger partial charge in [-0.1, -0.05) is 6.07 Å². The summed E-state index contributed by atoms with van der Waals surface area (Å²) in [4.78, 5) is 52.4. The third-order valence-electron chi connectivity index (χ3n) is 4.63. The number of hydrogen-bond donors (Lipinski definition) is 4. The lowest BCUT2D eigenvalue weighted by Gasteiger charge is -2.35. The second-order valence-electron chi connectivity index (χ2n) is 6.70. The van der Waals surface area contributed by atoms with E-state index < -0.39 is 41.4 Å². The maximum absolute atomic E-state index is 12.6. The molecule has 1 aromatic rings. The highest BCUT2D eigenvalue weighted by Gasteiger charge is 2.50. The summed E-state index contributed by atoms with van der Waals surface area (Å²) < 4.78 is 0.671. The average molecular weight is 498 g/mol. The fraction of sp³-hybridized carbons (Fsp3) is 0.294. The number of benzene rings is 1. The summed E-state index contributed by atoms with van der Waals surface area (Å²) in [6.07, 6.45) is 0. The molecule has 29 heavy (non-hydrogen) atoms. The first kappa shape index (κ1) is 21.3. The molecule has 152 valence electrons. The second kappa shape index (κ2) is 8.13. The smallest absolute Gasteiger partial charge is 0.239 e. The van der Waals surface area contributed by atoms with Gasteiger partial charge in [-0.25, -0.2) is 0 Å². The van der Waals surface area contributed by atoms with E-state index in [2.05, 4.69) is 37.2 Å². The van der Waals surface area contributed by atoms with Crippen LogP contribution in [0.3, 0.4) is 0 Å². The molecule has 2 aliphatic heterocycles. The van der Waals surface area contributed by atoms with E-state index in [-0.39, 0.29) is 10.2 Å². The Kier molecular flexibility index (Phi) is 5.96. The fourth-order valence-corrected chi connectivity index (χ4v) is 4.54. The number of hydrogen-bond acceptors (Lipinski definition) is 7. The second-order valence-corrected chi connectivity index (χ2v) is 8.37. The van der Waals surface area contributed by atoms with Crippen LogP contribution in [0.1, 0.15) is 11.5 Å². The van der Waals surface area contributed by atoms with Gasteiger partial charge in [-0.2, -0.15) is 0 Å². The predicted molar refractivity (Wildman–Crippen MR) is 116 cm³/mol. The van der Waals surface area contributed by atoms with Gasteiger partial charge in [0.1, 0.15) is 11.8 Å². The van der Waals surface area contributed by atoms with Crippen LogP contribution in [0.25, 0.3) is 0 Å². The first-order valence-corrected chi connectivity index (χ1v) is 9.99. The molecule has 0 aliphatic carbocycles. The maximum Gasteiger partial charge on any atom is 0.239 e. The Morgan fingerprint density at radius 1 is 0.862 bits per heavy atom. The van der Waals surface area contributed by atoms with Crippen LogP contribution in [-0.2, 0) is 19.2 Å². The highest BCUT2D eigenvalue weighted by molar-refractivity contribution is 9.10. The van der Waals surface area contributed by atoms with Crippen LogP contribution in [0.15, 0.2) is 22.7 Å². The van der Waals surface area contributed by atoms with Crippen molar-refractivity contribution in [3.63, 3.8) is 0 Å². The molecule has 12 heteroatoms. The fourth-order valence-electron chi connectivity index (χ4n) is 3.38. The Labute approximate surface area is 185 Å². The highest BCUT2D eigenvalue weighted by atomic mass is 79.9. The molecule has 0 bridgehead atoms. The van der Waals surface area contributed by atoms with E-state index in [1.165, 1.54) is 0 Å². The maximum atomic E-state index is 12.6. The number of nitrogens with one attached hydrogen (secondary N) is 4. The average Bonchev–Trinajstić information content (AvgIpc) is 2.58. The quantitative estimate of drug-likeness (QED) is 0.338. The molecule has 0 radical (unpaired) electrons. The summed E-state index contributed by atoms with van der Waals surface area (Å²) in [7, 11) is 3.70. The minimum absolute atomic E-state index is 0.127. The molecule has 9 nitrogen and oxygen atoms in total. The van der Waals surface area contributed by atoms with Crippen molar-refractivity contribution in [2.45, 2.75) is 5.92 Å². The van der Waals surface area contributed by atoms with Crippen LogP contribution in [0.2, 0.25) is 0 Å². The molecular weight excluding hydrogens is 482 g/mol. The Balaban J connectivity index is 2.13. The van der Waals surface area contributed by atoms with Gasteiger partial charge >= 0.3 is 0 Å². The highest BCUT2D eigenvalue weighted by Crippen LogP contribution is 2.38. The molecular formula is C17H16BrN5O4S2. The summed E-state index contributed by atoms with van der Waals surface area (Å²) >= 11 is 13.2. The van der Waals surface area contributed by atoms with Gasteiger partial charge in [-0.15, -0.1) is 0 Å². The monoisotopic (exact) mass is 497 g/mol. The molecule has 1 aromatic carbocycles. The van der Waals surface area contributed by atoms with Gasteiger partial charge in [0, 0.05) is 24.5 Å². The first-order valence-electron chi connectivity index (χ1n) is 8.38. The standard InChI is InChI=1S/C17H16BrN5O4S2/c1-23(2)8-4-3-6(5-7(8)18)9(10-12(24)19-16(28)20-13(10)25)11-14(26)21-17(29)22-15(11)27/h3-5,9-11H,1-2H3,(H2,19,20,24,25,28)(H2,21,22,26,27,29). The number of amides is 4. The molecule has 2 saturated heterocycles. The van der Waals surface area contributed by atoms with Gasteiger partial charge in [0.05, 0.1) is 5.69 Å². The molecule has 2 heterocycles. The van der Waals surface area contributed by atoms with E-state index >= 15 is 0 Å². The molecule has 4 N–H and O–H groups in total. The number of anilines is 1. The Bertz CT molecular complexity index is 879. The van der Waals surface area contributed by atoms with Crippen molar-refractivity contribution in [3.8, 4) is 0 Å². The number of rotatable bonds is 4. The van der Waals surface area contributed by atoms with Crippen molar-refractivity contribution in [2.75, 3.05) is 19.0 Å².